The second-order valence-electron chi connectivity index (χ2n) is 5.73. The van der Waals surface area contributed by atoms with Crippen molar-refractivity contribution in [2.45, 2.75) is 51.7 Å². The van der Waals surface area contributed by atoms with Crippen LogP contribution in [0.5, 0.6) is 0 Å². The van der Waals surface area contributed by atoms with E-state index in [4.69, 9.17) is 11.1 Å². The summed E-state index contributed by atoms with van der Waals surface area (Å²) in [6.45, 7) is 4.22. The van der Waals surface area contributed by atoms with Gasteiger partial charge in [0.1, 0.15) is 11.9 Å². The number of alkyl halides is 3. The van der Waals surface area contributed by atoms with Gasteiger partial charge in [-0.3, -0.25) is 10.3 Å². The van der Waals surface area contributed by atoms with E-state index in [-0.39, 0.29) is 6.04 Å². The fraction of sp³-hybridized carbons (Fsp3) is 0.471. The van der Waals surface area contributed by atoms with Gasteiger partial charge in [-0.15, -0.1) is 0 Å². The molecule has 4 nitrogen and oxygen atoms in total. The summed E-state index contributed by atoms with van der Waals surface area (Å²) in [7, 11) is 0. The fourth-order valence-corrected chi connectivity index (χ4v) is 2.38. The normalized spacial score (nSPS) is 15.4. The molecule has 1 aromatic carbocycles. The summed E-state index contributed by atoms with van der Waals surface area (Å²) in [6.07, 6.45) is -4.09. The number of allylic oxidation sites excluding steroid dienone is 1. The maximum atomic E-state index is 12.5. The maximum absolute atomic E-state index is 12.5. The van der Waals surface area contributed by atoms with Crippen molar-refractivity contribution >= 4 is 5.71 Å². The molecule has 1 rings (SSSR count). The molecule has 134 valence electrons. The van der Waals surface area contributed by atoms with Gasteiger partial charge in [-0.25, -0.2) is 0 Å². The lowest BCUT2D eigenvalue weighted by Crippen LogP contribution is -2.44. The minimum Gasteiger partial charge on any atom is -0.399 e. The minimum atomic E-state index is -4.79. The molecular weight excluding hydrogens is 319 g/mol. The van der Waals surface area contributed by atoms with Gasteiger partial charge in [-0.1, -0.05) is 43.7 Å². The lowest BCUT2D eigenvalue weighted by atomic mass is 10.1. The van der Waals surface area contributed by atoms with Crippen molar-refractivity contribution in [2.24, 2.45) is 5.73 Å². The molecule has 0 spiro atoms. The summed E-state index contributed by atoms with van der Waals surface area (Å²) < 4.78 is 37.4. The number of hydrogen-bond acceptors (Lipinski definition) is 4. The third-order valence-corrected chi connectivity index (χ3v) is 3.71. The van der Waals surface area contributed by atoms with Crippen molar-refractivity contribution in [3.05, 3.63) is 47.7 Å². The Morgan fingerprint density at radius 2 is 1.92 bits per heavy atom. The second kappa shape index (κ2) is 8.84. The summed E-state index contributed by atoms with van der Waals surface area (Å²) in [5.41, 5.74) is 4.57. The first-order chi connectivity index (χ1) is 11.2. The first kappa shape index (κ1) is 20.2. The van der Waals surface area contributed by atoms with Crippen LogP contribution in [-0.2, 0) is 6.54 Å². The standard InChI is InChI=1S/C17H24F3N3O/c1-3-7-12(2)23(11-13-8-5-4-6-9-13)16(24)14(21)10-15(22)17(18,19)20/h4-6,8-10,12,16,22,24H,3,7,11,21H2,1-2H3/b14-10-,22-15?. The minimum absolute atomic E-state index is 0.0859. The number of aliphatic hydroxyl groups excluding tert-OH is 1. The van der Waals surface area contributed by atoms with Gasteiger partial charge in [0.2, 0.25) is 0 Å². The van der Waals surface area contributed by atoms with Gasteiger partial charge < -0.3 is 10.8 Å². The van der Waals surface area contributed by atoms with E-state index < -0.39 is 23.8 Å². The van der Waals surface area contributed by atoms with Crippen molar-refractivity contribution < 1.29 is 18.3 Å². The first-order valence-corrected chi connectivity index (χ1v) is 7.77. The molecule has 0 aliphatic carbocycles. The zero-order chi connectivity index (χ0) is 18.3. The molecular formula is C17H24F3N3O. The molecule has 7 heteroatoms. The van der Waals surface area contributed by atoms with Crippen LogP contribution in [0.25, 0.3) is 0 Å². The van der Waals surface area contributed by atoms with Crippen LogP contribution in [0, 0.1) is 5.41 Å². The van der Waals surface area contributed by atoms with Gasteiger partial charge in [-0.05, 0) is 25.0 Å². The van der Waals surface area contributed by atoms with E-state index in [1.807, 2.05) is 44.2 Å². The van der Waals surface area contributed by atoms with Crippen LogP contribution in [0.3, 0.4) is 0 Å². The fourth-order valence-electron chi connectivity index (χ4n) is 2.38. The Hall–Kier alpha value is -1.86. The molecule has 0 aromatic heterocycles. The van der Waals surface area contributed by atoms with Crippen LogP contribution in [0.1, 0.15) is 32.3 Å². The summed E-state index contributed by atoms with van der Waals surface area (Å²) in [5.74, 6) is 0. The Morgan fingerprint density at radius 3 is 2.42 bits per heavy atom. The highest BCUT2D eigenvalue weighted by molar-refractivity contribution is 5.97. The summed E-state index contributed by atoms with van der Waals surface area (Å²) >= 11 is 0. The number of rotatable bonds is 8. The van der Waals surface area contributed by atoms with Crippen molar-refractivity contribution in [3.8, 4) is 0 Å². The number of nitrogens with one attached hydrogen (secondary N) is 1. The molecule has 0 heterocycles. The van der Waals surface area contributed by atoms with Crippen LogP contribution in [0.15, 0.2) is 42.1 Å². The van der Waals surface area contributed by atoms with E-state index in [9.17, 15) is 18.3 Å². The number of nitrogens with two attached hydrogens (primary N) is 1. The van der Waals surface area contributed by atoms with Crippen LogP contribution >= 0.6 is 0 Å². The van der Waals surface area contributed by atoms with Crippen molar-refractivity contribution in [3.63, 3.8) is 0 Å². The average molecular weight is 343 g/mol. The monoisotopic (exact) mass is 343 g/mol. The zero-order valence-corrected chi connectivity index (χ0v) is 13.8. The molecule has 24 heavy (non-hydrogen) atoms. The van der Waals surface area contributed by atoms with E-state index in [2.05, 4.69) is 0 Å². The van der Waals surface area contributed by atoms with Crippen LogP contribution in [0.4, 0.5) is 13.2 Å². The Morgan fingerprint density at radius 1 is 1.33 bits per heavy atom. The molecule has 4 N–H and O–H groups in total. The predicted octanol–water partition coefficient (Wildman–Crippen LogP) is 3.42. The van der Waals surface area contributed by atoms with Crippen LogP contribution in [-0.4, -0.2) is 34.2 Å². The maximum Gasteiger partial charge on any atom is 0.432 e. The van der Waals surface area contributed by atoms with Crippen LogP contribution in [0.2, 0.25) is 0 Å². The summed E-state index contributed by atoms with van der Waals surface area (Å²) in [4.78, 5) is 1.63. The third kappa shape index (κ3) is 5.98. The van der Waals surface area contributed by atoms with Crippen LogP contribution < -0.4 is 5.73 Å². The third-order valence-electron chi connectivity index (χ3n) is 3.71. The largest absolute Gasteiger partial charge is 0.432 e. The van der Waals surface area contributed by atoms with Gasteiger partial charge in [-0.2, -0.15) is 13.2 Å². The average Bonchev–Trinajstić information content (AvgIpc) is 2.52. The van der Waals surface area contributed by atoms with E-state index in [0.29, 0.717) is 12.6 Å². The highest BCUT2D eigenvalue weighted by Crippen LogP contribution is 2.20. The molecule has 2 unspecified atom stereocenters. The van der Waals surface area contributed by atoms with Crippen molar-refractivity contribution in [2.75, 3.05) is 0 Å². The van der Waals surface area contributed by atoms with Gasteiger partial charge in [0.25, 0.3) is 0 Å². The Kier molecular flexibility index (Phi) is 7.44. The van der Waals surface area contributed by atoms with Crippen molar-refractivity contribution in [1.29, 1.82) is 5.41 Å². The SMILES string of the molecule is CCCC(C)N(Cc1ccccc1)C(O)/C(N)=C/C(=N)C(F)(F)F. The summed E-state index contributed by atoms with van der Waals surface area (Å²) in [6, 6.07) is 9.22. The Balaban J connectivity index is 3.00. The molecule has 0 saturated heterocycles. The zero-order valence-electron chi connectivity index (χ0n) is 13.8. The highest BCUT2D eigenvalue weighted by Gasteiger charge is 2.34. The number of nitrogens with zero attached hydrogens (tertiary/aromatic N) is 1. The molecule has 0 saturated carbocycles. The molecule has 0 bridgehead atoms. The van der Waals surface area contributed by atoms with Gasteiger partial charge in [0.15, 0.2) is 0 Å². The van der Waals surface area contributed by atoms with Crippen molar-refractivity contribution in [1.82, 2.24) is 4.90 Å². The lowest BCUT2D eigenvalue weighted by Gasteiger charge is -2.33. The van der Waals surface area contributed by atoms with Gasteiger partial charge in [0.05, 0.1) is 5.70 Å². The van der Waals surface area contributed by atoms with E-state index in [1.54, 1.807) is 4.90 Å². The Labute approximate surface area is 140 Å². The molecule has 0 fully saturated rings. The predicted molar refractivity (Wildman–Crippen MR) is 88.4 cm³/mol. The van der Waals surface area contributed by atoms with E-state index in [0.717, 1.165) is 18.4 Å². The quantitative estimate of drug-likeness (QED) is 0.500. The molecule has 0 radical (unpaired) electrons. The molecule has 2 atom stereocenters. The number of aliphatic hydroxyl groups is 1. The summed E-state index contributed by atoms with van der Waals surface area (Å²) in [5, 5.41) is 17.4. The number of hydrogen-bond donors (Lipinski definition) is 3. The second-order valence-corrected chi connectivity index (χ2v) is 5.73. The van der Waals surface area contributed by atoms with Gasteiger partial charge in [0, 0.05) is 12.6 Å². The van der Waals surface area contributed by atoms with E-state index in [1.165, 1.54) is 0 Å². The number of halogens is 3. The molecule has 0 aliphatic rings. The molecule has 1 aromatic rings. The molecule has 0 aliphatic heterocycles. The molecule has 0 amide bonds. The topological polar surface area (TPSA) is 73.3 Å². The highest BCUT2D eigenvalue weighted by atomic mass is 19.4. The Bertz CT molecular complexity index is 558. The lowest BCUT2D eigenvalue weighted by molar-refractivity contribution is -0.0586. The first-order valence-electron chi connectivity index (χ1n) is 7.77. The van der Waals surface area contributed by atoms with E-state index >= 15 is 0 Å². The number of benzene rings is 1. The van der Waals surface area contributed by atoms with Gasteiger partial charge >= 0.3 is 6.18 Å². The smallest absolute Gasteiger partial charge is 0.399 e.